The Bertz CT molecular complexity index is 1130. The molecule has 2 aromatic carbocycles. The fourth-order valence-corrected chi connectivity index (χ4v) is 2.77. The van der Waals surface area contributed by atoms with Gasteiger partial charge in [0, 0.05) is 24.9 Å². The molecule has 26 heavy (non-hydrogen) atoms. The van der Waals surface area contributed by atoms with Crippen LogP contribution in [0.1, 0.15) is 5.69 Å². The molecule has 2 aromatic heterocycles. The van der Waals surface area contributed by atoms with Crippen LogP contribution in [0.25, 0.3) is 22.0 Å². The highest BCUT2D eigenvalue weighted by Crippen LogP contribution is 2.33. The molecule has 0 unspecified atom stereocenters. The number of nitrogens with one attached hydrogen (secondary N) is 1. The number of aromatic amines is 1. The van der Waals surface area contributed by atoms with Gasteiger partial charge < -0.3 is 9.72 Å². The number of aryl methyl sites for hydroxylation is 1. The maximum atomic E-state index is 13.3. The highest BCUT2D eigenvalue weighted by atomic mass is 19.1. The largest absolute Gasteiger partial charge is 0.487 e. The van der Waals surface area contributed by atoms with Gasteiger partial charge in [0.25, 0.3) is 5.56 Å². The lowest BCUT2D eigenvalue weighted by atomic mass is 10.0. The summed E-state index contributed by atoms with van der Waals surface area (Å²) in [6, 6.07) is 11.3. The Kier molecular flexibility index (Phi) is 3.96. The lowest BCUT2D eigenvalue weighted by Crippen LogP contribution is -2.08. The third-order valence-electron chi connectivity index (χ3n) is 4.20. The molecular formula is C19H15FN4O2. The number of hydrogen-bond acceptors (Lipinski definition) is 4. The van der Waals surface area contributed by atoms with E-state index in [0.29, 0.717) is 28.8 Å². The molecule has 0 radical (unpaired) electrons. The number of halogens is 1. The van der Waals surface area contributed by atoms with E-state index in [1.54, 1.807) is 35.1 Å². The minimum atomic E-state index is -0.327. The van der Waals surface area contributed by atoms with Crippen LogP contribution in [0.15, 0.2) is 59.8 Å². The summed E-state index contributed by atoms with van der Waals surface area (Å²) in [5.74, 6) is 0.231. The van der Waals surface area contributed by atoms with Crippen molar-refractivity contribution in [3.8, 4) is 16.9 Å². The molecule has 0 aliphatic carbocycles. The van der Waals surface area contributed by atoms with Crippen molar-refractivity contribution in [1.29, 1.82) is 0 Å². The van der Waals surface area contributed by atoms with Crippen molar-refractivity contribution in [2.75, 3.05) is 0 Å². The Hall–Kier alpha value is -3.48. The second-order valence-corrected chi connectivity index (χ2v) is 5.84. The zero-order chi connectivity index (χ0) is 18.1. The summed E-state index contributed by atoms with van der Waals surface area (Å²) in [6.07, 6.45) is 3.05. The summed E-state index contributed by atoms with van der Waals surface area (Å²) in [4.78, 5) is 18.9. The second-order valence-electron chi connectivity index (χ2n) is 5.84. The van der Waals surface area contributed by atoms with Gasteiger partial charge in [-0.25, -0.2) is 9.37 Å². The number of hydrogen-bond donors (Lipinski definition) is 1. The average Bonchev–Trinajstić information content (AvgIpc) is 3.05. The summed E-state index contributed by atoms with van der Waals surface area (Å²) in [7, 11) is 1.83. The van der Waals surface area contributed by atoms with Crippen molar-refractivity contribution >= 4 is 10.9 Å². The predicted octanol–water partition coefficient (Wildman–Crippen LogP) is 3.04. The van der Waals surface area contributed by atoms with Crippen molar-refractivity contribution in [2.24, 2.45) is 7.05 Å². The molecule has 130 valence electrons. The minimum absolute atomic E-state index is 0.239. The van der Waals surface area contributed by atoms with Crippen LogP contribution < -0.4 is 10.3 Å². The maximum absolute atomic E-state index is 13.3. The Morgan fingerprint density at radius 3 is 2.73 bits per heavy atom. The van der Waals surface area contributed by atoms with E-state index < -0.39 is 0 Å². The molecule has 1 N–H and O–H groups in total. The van der Waals surface area contributed by atoms with Crippen LogP contribution in [0.3, 0.4) is 0 Å². The van der Waals surface area contributed by atoms with Crippen LogP contribution in [0.4, 0.5) is 4.39 Å². The highest BCUT2D eigenvalue weighted by molar-refractivity contribution is 5.87. The number of rotatable bonds is 4. The predicted molar refractivity (Wildman–Crippen MR) is 95.3 cm³/mol. The van der Waals surface area contributed by atoms with Crippen molar-refractivity contribution in [3.63, 3.8) is 0 Å². The van der Waals surface area contributed by atoms with Crippen LogP contribution in [0.5, 0.6) is 5.75 Å². The van der Waals surface area contributed by atoms with Crippen LogP contribution in [-0.4, -0.2) is 19.7 Å². The van der Waals surface area contributed by atoms with Gasteiger partial charge in [0.05, 0.1) is 22.9 Å². The van der Waals surface area contributed by atoms with E-state index in [0.717, 1.165) is 11.3 Å². The molecule has 0 fully saturated rings. The number of fused-ring (bicyclic) bond motifs is 1. The molecule has 0 atom stereocenters. The van der Waals surface area contributed by atoms with Gasteiger partial charge in [-0.3, -0.25) is 9.48 Å². The summed E-state index contributed by atoms with van der Waals surface area (Å²) in [5.41, 5.74) is 2.62. The van der Waals surface area contributed by atoms with E-state index in [2.05, 4.69) is 15.1 Å². The van der Waals surface area contributed by atoms with Crippen molar-refractivity contribution in [2.45, 2.75) is 6.61 Å². The van der Waals surface area contributed by atoms with Gasteiger partial charge >= 0.3 is 0 Å². The number of aromatic nitrogens is 4. The molecule has 0 bridgehead atoms. The Balaban J connectivity index is 1.83. The van der Waals surface area contributed by atoms with Crippen LogP contribution in [-0.2, 0) is 13.7 Å². The molecule has 6 nitrogen and oxygen atoms in total. The van der Waals surface area contributed by atoms with Crippen molar-refractivity contribution < 1.29 is 9.13 Å². The van der Waals surface area contributed by atoms with Gasteiger partial charge in [-0.15, -0.1) is 0 Å². The topological polar surface area (TPSA) is 72.8 Å². The Morgan fingerprint density at radius 2 is 2.00 bits per heavy atom. The first-order valence-electron chi connectivity index (χ1n) is 7.99. The van der Waals surface area contributed by atoms with E-state index in [1.807, 2.05) is 13.1 Å². The monoisotopic (exact) mass is 350 g/mol. The maximum Gasteiger partial charge on any atom is 0.258 e. The molecule has 0 spiro atoms. The molecule has 0 saturated carbocycles. The third-order valence-corrected chi connectivity index (χ3v) is 4.20. The van der Waals surface area contributed by atoms with E-state index in [-0.39, 0.29) is 11.4 Å². The number of nitrogens with zero attached hydrogens (tertiary/aromatic N) is 3. The first-order chi connectivity index (χ1) is 12.6. The van der Waals surface area contributed by atoms with Gasteiger partial charge in [-0.1, -0.05) is 12.1 Å². The smallest absolute Gasteiger partial charge is 0.258 e. The Labute approximate surface area is 147 Å². The minimum Gasteiger partial charge on any atom is -0.487 e. The van der Waals surface area contributed by atoms with Crippen LogP contribution >= 0.6 is 0 Å². The van der Waals surface area contributed by atoms with Crippen molar-refractivity contribution in [1.82, 2.24) is 19.7 Å². The van der Waals surface area contributed by atoms with E-state index in [9.17, 15) is 9.18 Å². The van der Waals surface area contributed by atoms with Crippen molar-refractivity contribution in [3.05, 3.63) is 76.9 Å². The van der Waals surface area contributed by atoms with E-state index in [1.165, 1.54) is 18.5 Å². The quantitative estimate of drug-likeness (QED) is 0.614. The lowest BCUT2D eigenvalue weighted by molar-refractivity contribution is 0.296. The molecule has 7 heteroatoms. The molecule has 4 aromatic rings. The van der Waals surface area contributed by atoms with Crippen LogP contribution in [0, 0.1) is 5.82 Å². The zero-order valence-electron chi connectivity index (χ0n) is 13.9. The molecule has 4 rings (SSSR count). The molecular weight excluding hydrogens is 335 g/mol. The van der Waals surface area contributed by atoms with Gasteiger partial charge in [0.15, 0.2) is 0 Å². The summed E-state index contributed by atoms with van der Waals surface area (Å²) in [5, 5.41) is 4.56. The first kappa shape index (κ1) is 16.0. The zero-order valence-corrected chi connectivity index (χ0v) is 13.9. The molecule has 0 amide bonds. The molecule has 2 heterocycles. The fraction of sp³-hybridized carbons (Fsp3) is 0.105. The summed E-state index contributed by atoms with van der Waals surface area (Å²) in [6.45, 7) is 0.305. The third kappa shape index (κ3) is 2.95. The summed E-state index contributed by atoms with van der Waals surface area (Å²) < 4.78 is 21.0. The van der Waals surface area contributed by atoms with Gasteiger partial charge in [0.1, 0.15) is 18.2 Å². The first-order valence-corrected chi connectivity index (χ1v) is 7.99. The van der Waals surface area contributed by atoms with Crippen LogP contribution in [0.2, 0.25) is 0 Å². The average molecular weight is 350 g/mol. The highest BCUT2D eigenvalue weighted by Gasteiger charge is 2.12. The molecule has 0 aliphatic heterocycles. The normalized spacial score (nSPS) is 11.0. The number of ether oxygens (including phenoxy) is 1. The Morgan fingerprint density at radius 1 is 1.19 bits per heavy atom. The molecule has 0 aliphatic rings. The van der Waals surface area contributed by atoms with E-state index in [4.69, 9.17) is 4.74 Å². The lowest BCUT2D eigenvalue weighted by Gasteiger charge is -2.13. The van der Waals surface area contributed by atoms with Gasteiger partial charge in [0.2, 0.25) is 0 Å². The van der Waals surface area contributed by atoms with Gasteiger partial charge in [-0.2, -0.15) is 5.10 Å². The SMILES string of the molecule is Cn1nccc1COc1cc2nc[nH]c(=O)c2cc1-c1ccc(F)cc1. The second kappa shape index (κ2) is 6.44. The van der Waals surface area contributed by atoms with Gasteiger partial charge in [-0.05, 0) is 29.8 Å². The fourth-order valence-electron chi connectivity index (χ4n) is 2.77. The number of H-pyrrole nitrogens is 1. The summed E-state index contributed by atoms with van der Waals surface area (Å²) >= 11 is 0. The number of benzene rings is 2. The molecule has 0 saturated heterocycles. The van der Waals surface area contributed by atoms with E-state index >= 15 is 0 Å². The standard InChI is InChI=1S/C19H15FN4O2/c1-24-14(6-7-23-24)10-26-18-9-17-16(19(25)22-11-21-17)8-15(18)12-2-4-13(20)5-3-12/h2-9,11H,10H2,1H3,(H,21,22,25).